The van der Waals surface area contributed by atoms with Gasteiger partial charge in [-0.25, -0.2) is 8.78 Å². The number of anilines is 1. The zero-order valence-corrected chi connectivity index (χ0v) is 14.0. The summed E-state index contributed by atoms with van der Waals surface area (Å²) in [5.74, 6) is -1.73. The Morgan fingerprint density at radius 1 is 1.12 bits per heavy atom. The number of nitrogens with zero attached hydrogens (tertiary/aromatic N) is 1. The van der Waals surface area contributed by atoms with Gasteiger partial charge in [-0.2, -0.15) is 0 Å². The smallest absolute Gasteiger partial charge is 0.261 e. The molecular weight excluding hydrogens is 326 g/mol. The zero-order valence-electron chi connectivity index (χ0n) is 14.0. The minimum absolute atomic E-state index is 0.00404. The number of aromatic nitrogens is 1. The van der Waals surface area contributed by atoms with Gasteiger partial charge in [0.05, 0.1) is 0 Å². The number of aryl methyl sites for hydroxylation is 2. The van der Waals surface area contributed by atoms with Crippen LogP contribution in [0.3, 0.4) is 0 Å². The maximum Gasteiger partial charge on any atom is 0.261 e. The standard InChI is InChI=1S/C19H16F2N2O2/c1-10-5-4-6-16(11(10)2)22-19(24)17-12(3)25-23-18(17)14-8-7-13(20)9-15(14)21/h4-9H,1-3H3,(H,22,24). The second-order valence-corrected chi connectivity index (χ2v) is 5.79. The van der Waals surface area contributed by atoms with Gasteiger partial charge in [0.15, 0.2) is 0 Å². The number of carbonyl (C=O) groups is 1. The summed E-state index contributed by atoms with van der Waals surface area (Å²) < 4.78 is 32.3. The van der Waals surface area contributed by atoms with Gasteiger partial charge in [0.2, 0.25) is 0 Å². The van der Waals surface area contributed by atoms with Crippen molar-refractivity contribution < 1.29 is 18.1 Å². The number of amides is 1. The van der Waals surface area contributed by atoms with Gasteiger partial charge >= 0.3 is 0 Å². The first-order valence-corrected chi connectivity index (χ1v) is 7.67. The molecule has 0 aliphatic heterocycles. The first-order valence-electron chi connectivity index (χ1n) is 7.67. The van der Waals surface area contributed by atoms with Gasteiger partial charge in [0.25, 0.3) is 5.91 Å². The Morgan fingerprint density at radius 3 is 2.60 bits per heavy atom. The number of hydrogen-bond acceptors (Lipinski definition) is 3. The molecule has 1 amide bonds. The summed E-state index contributed by atoms with van der Waals surface area (Å²) in [6, 6.07) is 8.63. The Morgan fingerprint density at radius 2 is 1.88 bits per heavy atom. The van der Waals surface area contributed by atoms with Gasteiger partial charge in [0, 0.05) is 17.3 Å². The van der Waals surface area contributed by atoms with E-state index in [4.69, 9.17) is 4.52 Å². The lowest BCUT2D eigenvalue weighted by molar-refractivity contribution is 0.102. The third kappa shape index (κ3) is 3.15. The Hall–Kier alpha value is -3.02. The summed E-state index contributed by atoms with van der Waals surface area (Å²) in [6.45, 7) is 5.40. The van der Waals surface area contributed by atoms with Crippen LogP contribution in [0.1, 0.15) is 27.2 Å². The van der Waals surface area contributed by atoms with E-state index in [0.717, 1.165) is 23.3 Å². The molecule has 0 aliphatic carbocycles. The van der Waals surface area contributed by atoms with Gasteiger partial charge in [0.1, 0.15) is 28.7 Å². The summed E-state index contributed by atoms with van der Waals surface area (Å²) in [5, 5.41) is 6.58. The molecule has 0 unspecified atom stereocenters. The summed E-state index contributed by atoms with van der Waals surface area (Å²) in [5.41, 5.74) is 2.77. The van der Waals surface area contributed by atoms with Gasteiger partial charge in [-0.1, -0.05) is 17.3 Å². The molecule has 6 heteroatoms. The first-order chi connectivity index (χ1) is 11.9. The molecule has 128 valence electrons. The van der Waals surface area contributed by atoms with E-state index < -0.39 is 17.5 Å². The van der Waals surface area contributed by atoms with Crippen molar-refractivity contribution in [3.05, 3.63) is 70.5 Å². The number of rotatable bonds is 3. The molecule has 0 spiro atoms. The molecule has 0 bridgehead atoms. The third-order valence-electron chi connectivity index (χ3n) is 4.13. The molecule has 3 aromatic rings. The molecule has 25 heavy (non-hydrogen) atoms. The summed E-state index contributed by atoms with van der Waals surface area (Å²) in [6.07, 6.45) is 0. The number of benzene rings is 2. The maximum atomic E-state index is 14.1. The van der Waals surface area contributed by atoms with Crippen molar-refractivity contribution in [3.8, 4) is 11.3 Å². The lowest BCUT2D eigenvalue weighted by atomic mass is 10.0. The normalized spacial score (nSPS) is 10.8. The van der Waals surface area contributed by atoms with Gasteiger partial charge in [-0.3, -0.25) is 4.79 Å². The fourth-order valence-electron chi connectivity index (χ4n) is 2.58. The number of hydrogen-bond donors (Lipinski definition) is 1. The van der Waals surface area contributed by atoms with E-state index in [1.54, 1.807) is 13.0 Å². The predicted octanol–water partition coefficient (Wildman–Crippen LogP) is 4.80. The average molecular weight is 342 g/mol. The van der Waals surface area contributed by atoms with E-state index in [1.807, 2.05) is 26.0 Å². The molecule has 3 rings (SSSR count). The third-order valence-corrected chi connectivity index (χ3v) is 4.13. The van der Waals surface area contributed by atoms with Crippen molar-refractivity contribution in [2.75, 3.05) is 5.32 Å². The van der Waals surface area contributed by atoms with Crippen LogP contribution in [0.25, 0.3) is 11.3 Å². The Labute approximate surface area is 143 Å². The van der Waals surface area contributed by atoms with Crippen molar-refractivity contribution >= 4 is 11.6 Å². The number of halogens is 2. The van der Waals surface area contributed by atoms with E-state index in [0.29, 0.717) is 5.69 Å². The molecule has 0 radical (unpaired) electrons. The van der Waals surface area contributed by atoms with Crippen LogP contribution in [-0.2, 0) is 0 Å². The van der Waals surface area contributed by atoms with Crippen LogP contribution in [-0.4, -0.2) is 11.1 Å². The minimum atomic E-state index is -0.811. The quantitative estimate of drug-likeness (QED) is 0.744. The van der Waals surface area contributed by atoms with Gasteiger partial charge < -0.3 is 9.84 Å². The second-order valence-electron chi connectivity index (χ2n) is 5.79. The van der Waals surface area contributed by atoms with Crippen molar-refractivity contribution in [2.24, 2.45) is 0 Å². The lowest BCUT2D eigenvalue weighted by Gasteiger charge is -2.10. The van der Waals surface area contributed by atoms with Gasteiger partial charge in [-0.15, -0.1) is 0 Å². The molecule has 0 saturated carbocycles. The molecule has 0 atom stereocenters. The van der Waals surface area contributed by atoms with Crippen LogP contribution in [0.2, 0.25) is 0 Å². The van der Waals surface area contributed by atoms with Crippen LogP contribution < -0.4 is 5.32 Å². The van der Waals surface area contributed by atoms with Crippen LogP contribution in [0.4, 0.5) is 14.5 Å². The zero-order chi connectivity index (χ0) is 18.1. The molecule has 0 fully saturated rings. The topological polar surface area (TPSA) is 55.1 Å². The summed E-state index contributed by atoms with van der Waals surface area (Å²) >= 11 is 0. The Bertz CT molecular complexity index is 964. The summed E-state index contributed by atoms with van der Waals surface area (Å²) in [7, 11) is 0. The molecule has 0 aliphatic rings. The number of nitrogens with one attached hydrogen (secondary N) is 1. The average Bonchev–Trinajstić information content (AvgIpc) is 2.93. The Kier molecular flexibility index (Phi) is 4.35. The summed E-state index contributed by atoms with van der Waals surface area (Å²) in [4.78, 5) is 12.7. The van der Waals surface area contributed by atoms with E-state index in [9.17, 15) is 13.6 Å². The first kappa shape index (κ1) is 16.8. The molecule has 1 heterocycles. The highest BCUT2D eigenvalue weighted by Gasteiger charge is 2.24. The predicted molar refractivity (Wildman–Crippen MR) is 90.5 cm³/mol. The molecule has 4 nitrogen and oxygen atoms in total. The van der Waals surface area contributed by atoms with E-state index in [2.05, 4.69) is 10.5 Å². The van der Waals surface area contributed by atoms with Crippen LogP contribution >= 0.6 is 0 Å². The highest BCUT2D eigenvalue weighted by Crippen LogP contribution is 2.29. The van der Waals surface area contributed by atoms with E-state index >= 15 is 0 Å². The highest BCUT2D eigenvalue weighted by molar-refractivity contribution is 6.09. The van der Waals surface area contributed by atoms with Crippen LogP contribution in [0.5, 0.6) is 0 Å². The van der Waals surface area contributed by atoms with Crippen molar-refractivity contribution in [1.82, 2.24) is 5.16 Å². The molecule has 1 aromatic heterocycles. The van der Waals surface area contributed by atoms with E-state index in [-0.39, 0.29) is 22.6 Å². The van der Waals surface area contributed by atoms with Crippen molar-refractivity contribution in [1.29, 1.82) is 0 Å². The lowest BCUT2D eigenvalue weighted by Crippen LogP contribution is -2.14. The maximum absolute atomic E-state index is 14.1. The van der Waals surface area contributed by atoms with Gasteiger partial charge in [-0.05, 0) is 50.1 Å². The SMILES string of the molecule is Cc1cccc(NC(=O)c2c(-c3ccc(F)cc3F)noc2C)c1C. The monoisotopic (exact) mass is 342 g/mol. The highest BCUT2D eigenvalue weighted by atomic mass is 19.1. The fraction of sp³-hybridized carbons (Fsp3) is 0.158. The second kappa shape index (κ2) is 6.47. The molecule has 2 aromatic carbocycles. The van der Waals surface area contributed by atoms with Crippen molar-refractivity contribution in [3.63, 3.8) is 0 Å². The molecule has 0 saturated heterocycles. The molecule has 1 N–H and O–H groups in total. The minimum Gasteiger partial charge on any atom is -0.360 e. The Balaban J connectivity index is 2.02. The van der Waals surface area contributed by atoms with E-state index in [1.165, 1.54) is 6.07 Å². The fourth-order valence-corrected chi connectivity index (χ4v) is 2.58. The largest absolute Gasteiger partial charge is 0.360 e. The van der Waals surface area contributed by atoms with Crippen LogP contribution in [0, 0.1) is 32.4 Å². The van der Waals surface area contributed by atoms with Crippen molar-refractivity contribution in [2.45, 2.75) is 20.8 Å². The number of carbonyl (C=O) groups excluding carboxylic acids is 1. The van der Waals surface area contributed by atoms with Crippen LogP contribution in [0.15, 0.2) is 40.9 Å². The molecular formula is C19H16F2N2O2.